The van der Waals surface area contributed by atoms with E-state index in [4.69, 9.17) is 9.47 Å². The largest absolute Gasteiger partial charge is 0.493 e. The summed E-state index contributed by atoms with van der Waals surface area (Å²) in [6.45, 7) is 3.91. The monoisotopic (exact) mass is 259 g/mol. The van der Waals surface area contributed by atoms with Crippen molar-refractivity contribution in [3.8, 4) is 17.4 Å². The van der Waals surface area contributed by atoms with Gasteiger partial charge in [-0.25, -0.2) is 9.97 Å². The molecule has 0 atom stereocenters. The molecule has 1 heterocycles. The van der Waals surface area contributed by atoms with E-state index in [1.165, 1.54) is 6.33 Å². The van der Waals surface area contributed by atoms with E-state index in [9.17, 15) is 0 Å². The Morgan fingerprint density at radius 3 is 2.58 bits per heavy atom. The Morgan fingerprint density at radius 2 is 1.89 bits per heavy atom. The van der Waals surface area contributed by atoms with Crippen LogP contribution < -0.4 is 14.8 Å². The van der Waals surface area contributed by atoms with Gasteiger partial charge in [0.05, 0.1) is 12.7 Å². The van der Waals surface area contributed by atoms with Crippen LogP contribution in [0.2, 0.25) is 0 Å². The van der Waals surface area contributed by atoms with Gasteiger partial charge >= 0.3 is 0 Å². The van der Waals surface area contributed by atoms with Crippen molar-refractivity contribution >= 4 is 5.82 Å². The number of nitrogens with one attached hydrogen (secondary N) is 1. The van der Waals surface area contributed by atoms with E-state index < -0.39 is 0 Å². The van der Waals surface area contributed by atoms with Crippen molar-refractivity contribution in [1.29, 1.82) is 0 Å². The number of hydrogen-bond donors (Lipinski definition) is 1. The van der Waals surface area contributed by atoms with Crippen LogP contribution in [0.5, 0.6) is 17.4 Å². The molecule has 1 N–H and O–H groups in total. The topological polar surface area (TPSA) is 56.3 Å². The average Bonchev–Trinajstić information content (AvgIpc) is 2.42. The van der Waals surface area contributed by atoms with Crippen LogP contribution in [0.25, 0.3) is 0 Å². The van der Waals surface area contributed by atoms with E-state index in [2.05, 4.69) is 15.3 Å². The van der Waals surface area contributed by atoms with Crippen molar-refractivity contribution in [2.24, 2.45) is 0 Å². The molecule has 2 aromatic rings. The molecular formula is C14H17N3O2. The van der Waals surface area contributed by atoms with Crippen molar-refractivity contribution < 1.29 is 9.47 Å². The van der Waals surface area contributed by atoms with E-state index in [0.717, 1.165) is 16.9 Å². The van der Waals surface area contributed by atoms with E-state index in [-0.39, 0.29) is 0 Å². The van der Waals surface area contributed by atoms with Gasteiger partial charge < -0.3 is 14.8 Å². The molecule has 0 aliphatic heterocycles. The Balaban J connectivity index is 2.36. The van der Waals surface area contributed by atoms with Gasteiger partial charge in [0.2, 0.25) is 5.88 Å². The second-order valence-electron chi connectivity index (χ2n) is 4.16. The number of aryl methyl sites for hydroxylation is 1. The highest BCUT2D eigenvalue weighted by Gasteiger charge is 2.11. The number of benzene rings is 1. The molecule has 0 aliphatic rings. The smallest absolute Gasteiger partial charge is 0.227 e. The lowest BCUT2D eigenvalue weighted by Crippen LogP contribution is -2.00. The van der Waals surface area contributed by atoms with Gasteiger partial charge in [-0.3, -0.25) is 0 Å². The average molecular weight is 259 g/mol. The molecular weight excluding hydrogens is 242 g/mol. The number of hydrogen-bond acceptors (Lipinski definition) is 5. The molecule has 0 amide bonds. The normalized spacial score (nSPS) is 10.1. The maximum Gasteiger partial charge on any atom is 0.227 e. The Bertz CT molecular complexity index is 585. The fraction of sp³-hybridized carbons (Fsp3) is 0.286. The first-order valence-electron chi connectivity index (χ1n) is 5.97. The van der Waals surface area contributed by atoms with Gasteiger partial charge in [0.25, 0.3) is 0 Å². The fourth-order valence-electron chi connectivity index (χ4n) is 1.75. The molecule has 5 heteroatoms. The number of rotatable bonds is 4. The van der Waals surface area contributed by atoms with Crippen LogP contribution in [-0.2, 0) is 0 Å². The van der Waals surface area contributed by atoms with E-state index in [1.807, 2.05) is 39.1 Å². The van der Waals surface area contributed by atoms with Gasteiger partial charge in [-0.05, 0) is 31.5 Å². The van der Waals surface area contributed by atoms with Crippen molar-refractivity contribution in [2.45, 2.75) is 13.8 Å². The first kappa shape index (κ1) is 13.1. The van der Waals surface area contributed by atoms with Crippen LogP contribution >= 0.6 is 0 Å². The van der Waals surface area contributed by atoms with E-state index in [0.29, 0.717) is 17.4 Å². The number of ether oxygens (including phenoxy) is 2. The standard InChI is InChI=1S/C14H17N3O2/c1-9-5-6-11(12(7-9)18-4)19-14-10(2)13(15-3)16-8-17-14/h5-8H,1-4H3,(H,15,16,17). The van der Waals surface area contributed by atoms with Gasteiger partial charge in [-0.1, -0.05) is 6.07 Å². The van der Waals surface area contributed by atoms with Crippen molar-refractivity contribution in [2.75, 3.05) is 19.5 Å². The molecule has 0 fully saturated rings. The van der Waals surface area contributed by atoms with Gasteiger partial charge in [-0.15, -0.1) is 0 Å². The highest BCUT2D eigenvalue weighted by Crippen LogP contribution is 2.33. The zero-order chi connectivity index (χ0) is 13.8. The molecule has 100 valence electrons. The molecule has 0 bridgehead atoms. The molecule has 0 spiro atoms. The predicted octanol–water partition coefficient (Wildman–Crippen LogP) is 2.94. The fourth-order valence-corrected chi connectivity index (χ4v) is 1.75. The van der Waals surface area contributed by atoms with Crippen LogP contribution in [0.1, 0.15) is 11.1 Å². The zero-order valence-corrected chi connectivity index (χ0v) is 11.5. The second-order valence-corrected chi connectivity index (χ2v) is 4.16. The summed E-state index contributed by atoms with van der Waals surface area (Å²) in [6, 6.07) is 5.76. The SMILES string of the molecule is CNc1ncnc(Oc2ccc(C)cc2OC)c1C. The summed E-state index contributed by atoms with van der Waals surface area (Å²) in [5.41, 5.74) is 1.96. The Hall–Kier alpha value is -2.30. The number of nitrogens with zero attached hydrogens (tertiary/aromatic N) is 2. The molecule has 1 aromatic carbocycles. The molecule has 0 radical (unpaired) electrons. The minimum absolute atomic E-state index is 0.515. The molecule has 0 unspecified atom stereocenters. The maximum absolute atomic E-state index is 5.81. The molecule has 0 saturated carbocycles. The van der Waals surface area contributed by atoms with Gasteiger partial charge in [0.15, 0.2) is 11.5 Å². The number of aromatic nitrogens is 2. The third-order valence-electron chi connectivity index (χ3n) is 2.80. The van der Waals surface area contributed by atoms with Crippen molar-refractivity contribution in [3.05, 3.63) is 35.7 Å². The lowest BCUT2D eigenvalue weighted by Gasteiger charge is -2.13. The molecule has 2 rings (SSSR count). The molecule has 0 aliphatic carbocycles. The summed E-state index contributed by atoms with van der Waals surface area (Å²) >= 11 is 0. The van der Waals surface area contributed by atoms with Crippen LogP contribution in [0, 0.1) is 13.8 Å². The van der Waals surface area contributed by atoms with Crippen molar-refractivity contribution in [1.82, 2.24) is 9.97 Å². The lowest BCUT2D eigenvalue weighted by atomic mass is 10.2. The minimum atomic E-state index is 0.515. The summed E-state index contributed by atoms with van der Waals surface area (Å²) in [6.07, 6.45) is 1.47. The summed E-state index contributed by atoms with van der Waals surface area (Å²) in [5, 5.41) is 3.00. The minimum Gasteiger partial charge on any atom is -0.493 e. The van der Waals surface area contributed by atoms with Gasteiger partial charge in [0.1, 0.15) is 12.1 Å². The molecule has 5 nitrogen and oxygen atoms in total. The zero-order valence-electron chi connectivity index (χ0n) is 11.5. The first-order valence-corrected chi connectivity index (χ1v) is 5.97. The van der Waals surface area contributed by atoms with Gasteiger partial charge in [-0.2, -0.15) is 0 Å². The number of methoxy groups -OCH3 is 1. The molecule has 19 heavy (non-hydrogen) atoms. The van der Waals surface area contributed by atoms with Crippen LogP contribution in [-0.4, -0.2) is 24.1 Å². The summed E-state index contributed by atoms with van der Waals surface area (Å²) in [4.78, 5) is 8.27. The first-order chi connectivity index (χ1) is 9.15. The van der Waals surface area contributed by atoms with Crippen LogP contribution in [0.3, 0.4) is 0 Å². The third kappa shape index (κ3) is 2.76. The second kappa shape index (κ2) is 5.56. The third-order valence-corrected chi connectivity index (χ3v) is 2.80. The van der Waals surface area contributed by atoms with Crippen LogP contribution in [0.15, 0.2) is 24.5 Å². The summed E-state index contributed by atoms with van der Waals surface area (Å²) in [5.74, 6) is 2.58. The Kier molecular flexibility index (Phi) is 3.85. The lowest BCUT2D eigenvalue weighted by molar-refractivity contribution is 0.372. The van der Waals surface area contributed by atoms with Crippen molar-refractivity contribution in [3.63, 3.8) is 0 Å². The maximum atomic E-state index is 5.81. The molecule has 1 aromatic heterocycles. The summed E-state index contributed by atoms with van der Waals surface area (Å²) in [7, 11) is 3.43. The highest BCUT2D eigenvalue weighted by atomic mass is 16.5. The Labute approximate surface area is 112 Å². The highest BCUT2D eigenvalue weighted by molar-refractivity contribution is 5.50. The van der Waals surface area contributed by atoms with E-state index >= 15 is 0 Å². The number of anilines is 1. The van der Waals surface area contributed by atoms with Crippen LogP contribution in [0.4, 0.5) is 5.82 Å². The molecule has 0 saturated heterocycles. The predicted molar refractivity (Wildman–Crippen MR) is 74.1 cm³/mol. The van der Waals surface area contributed by atoms with Gasteiger partial charge in [0, 0.05) is 7.05 Å². The van der Waals surface area contributed by atoms with E-state index in [1.54, 1.807) is 7.11 Å². The Morgan fingerprint density at radius 1 is 1.11 bits per heavy atom. The quantitative estimate of drug-likeness (QED) is 0.914. The summed E-state index contributed by atoms with van der Waals surface area (Å²) < 4.78 is 11.1.